The molecule has 0 bridgehead atoms. The van der Waals surface area contributed by atoms with Gasteiger partial charge in [-0.2, -0.15) is 0 Å². The zero-order valence-corrected chi connectivity index (χ0v) is 4.80. The van der Waals surface area contributed by atoms with Crippen molar-refractivity contribution >= 4 is 6.72 Å². The Morgan fingerprint density at radius 1 is 1.50 bits per heavy atom. The Morgan fingerprint density at radius 3 is 2.75 bits per heavy atom. The molecule has 1 aliphatic carbocycles. The summed E-state index contributed by atoms with van der Waals surface area (Å²) in [6, 6.07) is 0. The molecule has 0 unspecified atom stereocenters. The highest BCUT2D eigenvalue weighted by Crippen LogP contribution is 2.08. The normalized spacial score (nSPS) is 17.8. The van der Waals surface area contributed by atoms with Gasteiger partial charge in [0, 0.05) is 0 Å². The maximum atomic E-state index is 3.77. The fourth-order valence-corrected chi connectivity index (χ4v) is 0.717. The Balaban J connectivity index is 2.64. The zero-order chi connectivity index (χ0) is 5.82. The summed E-state index contributed by atoms with van der Waals surface area (Å²) in [4.78, 5) is 3.77. The summed E-state index contributed by atoms with van der Waals surface area (Å²) in [7, 11) is 0. The van der Waals surface area contributed by atoms with Crippen LogP contribution in [0.1, 0.15) is 12.8 Å². The zero-order valence-electron chi connectivity index (χ0n) is 4.80. The van der Waals surface area contributed by atoms with E-state index in [2.05, 4.69) is 23.9 Å². The molecule has 0 spiro atoms. The minimum atomic E-state index is 1.01. The standard InChI is InChI=1S/C7H9N/c1-8-7-5-3-2-4-6-7/h3,5-6H,1-2,4H2. The van der Waals surface area contributed by atoms with Crippen molar-refractivity contribution in [2.24, 2.45) is 4.99 Å². The van der Waals surface area contributed by atoms with Crippen LogP contribution in [0.3, 0.4) is 0 Å². The van der Waals surface area contributed by atoms with Crippen molar-refractivity contribution in [3.8, 4) is 0 Å². The summed E-state index contributed by atoms with van der Waals surface area (Å²) in [6.07, 6.45) is 8.47. The third-order valence-corrected chi connectivity index (χ3v) is 1.16. The van der Waals surface area contributed by atoms with Crippen LogP contribution in [-0.2, 0) is 0 Å². The summed E-state index contributed by atoms with van der Waals surface area (Å²) in [5.41, 5.74) is 1.01. The predicted octanol–water partition coefficient (Wildman–Crippen LogP) is 1.92. The van der Waals surface area contributed by atoms with E-state index in [1.54, 1.807) is 0 Å². The fourth-order valence-electron chi connectivity index (χ4n) is 0.717. The van der Waals surface area contributed by atoms with Gasteiger partial charge in [-0.1, -0.05) is 12.2 Å². The Hall–Kier alpha value is -0.850. The molecule has 0 N–H and O–H groups in total. The van der Waals surface area contributed by atoms with Gasteiger partial charge >= 0.3 is 0 Å². The molecule has 0 saturated heterocycles. The van der Waals surface area contributed by atoms with Crippen LogP contribution in [0.25, 0.3) is 0 Å². The average Bonchev–Trinajstić information content (AvgIpc) is 1.90. The first kappa shape index (κ1) is 5.29. The van der Waals surface area contributed by atoms with Crippen molar-refractivity contribution in [3.63, 3.8) is 0 Å². The van der Waals surface area contributed by atoms with Gasteiger partial charge in [0.05, 0.1) is 5.70 Å². The van der Waals surface area contributed by atoms with Crippen molar-refractivity contribution in [2.75, 3.05) is 0 Å². The van der Waals surface area contributed by atoms with Crippen molar-refractivity contribution in [1.82, 2.24) is 0 Å². The lowest BCUT2D eigenvalue weighted by atomic mass is 10.2. The second-order valence-electron chi connectivity index (χ2n) is 1.77. The van der Waals surface area contributed by atoms with E-state index in [-0.39, 0.29) is 0 Å². The molecule has 1 aliphatic rings. The number of hydrogen-bond acceptors (Lipinski definition) is 1. The van der Waals surface area contributed by atoms with E-state index in [0.29, 0.717) is 0 Å². The van der Waals surface area contributed by atoms with E-state index in [1.807, 2.05) is 6.08 Å². The smallest absolute Gasteiger partial charge is 0.0579 e. The first-order valence-corrected chi connectivity index (χ1v) is 2.77. The molecule has 0 aromatic heterocycles. The maximum absolute atomic E-state index is 3.77. The average molecular weight is 107 g/mol. The first-order valence-electron chi connectivity index (χ1n) is 2.77. The van der Waals surface area contributed by atoms with Crippen molar-refractivity contribution < 1.29 is 0 Å². The van der Waals surface area contributed by atoms with Crippen molar-refractivity contribution in [3.05, 3.63) is 23.9 Å². The van der Waals surface area contributed by atoms with Gasteiger partial charge in [0.2, 0.25) is 0 Å². The van der Waals surface area contributed by atoms with Gasteiger partial charge in [0.25, 0.3) is 0 Å². The van der Waals surface area contributed by atoms with E-state index in [4.69, 9.17) is 0 Å². The van der Waals surface area contributed by atoms with Gasteiger partial charge in [-0.05, 0) is 25.6 Å². The molecule has 0 aromatic carbocycles. The predicted molar refractivity (Wildman–Crippen MR) is 36.0 cm³/mol. The molecule has 1 heteroatoms. The monoisotopic (exact) mass is 107 g/mol. The summed E-state index contributed by atoms with van der Waals surface area (Å²) >= 11 is 0. The lowest BCUT2D eigenvalue weighted by Crippen LogP contribution is -1.78. The molecule has 1 nitrogen and oxygen atoms in total. The third-order valence-electron chi connectivity index (χ3n) is 1.16. The number of hydrogen-bond donors (Lipinski definition) is 0. The van der Waals surface area contributed by atoms with Gasteiger partial charge in [-0.25, -0.2) is 0 Å². The van der Waals surface area contributed by atoms with Crippen LogP contribution in [0.2, 0.25) is 0 Å². The number of nitrogens with zero attached hydrogens (tertiary/aromatic N) is 1. The summed E-state index contributed by atoms with van der Waals surface area (Å²) in [5.74, 6) is 0. The van der Waals surface area contributed by atoms with Crippen LogP contribution < -0.4 is 0 Å². The van der Waals surface area contributed by atoms with Gasteiger partial charge in [-0.15, -0.1) is 0 Å². The molecule has 0 saturated carbocycles. The Labute approximate surface area is 49.4 Å². The highest BCUT2D eigenvalue weighted by atomic mass is 14.7. The van der Waals surface area contributed by atoms with Crippen LogP contribution in [0.4, 0.5) is 0 Å². The first-order chi connectivity index (χ1) is 3.93. The number of aliphatic imine (C=N–C) groups is 1. The van der Waals surface area contributed by atoms with Crippen LogP contribution >= 0.6 is 0 Å². The summed E-state index contributed by atoms with van der Waals surface area (Å²) < 4.78 is 0. The van der Waals surface area contributed by atoms with Crippen LogP contribution in [-0.4, -0.2) is 6.72 Å². The maximum Gasteiger partial charge on any atom is 0.0579 e. The van der Waals surface area contributed by atoms with Gasteiger partial charge in [0.15, 0.2) is 0 Å². The molecule has 0 atom stereocenters. The molecule has 1 rings (SSSR count). The molecule has 0 aliphatic heterocycles. The molecule has 8 heavy (non-hydrogen) atoms. The molecule has 0 fully saturated rings. The molecule has 0 aromatic rings. The summed E-state index contributed by atoms with van der Waals surface area (Å²) in [5, 5.41) is 0. The lowest BCUT2D eigenvalue weighted by molar-refractivity contribution is 1.01. The lowest BCUT2D eigenvalue weighted by Gasteiger charge is -1.97. The van der Waals surface area contributed by atoms with Gasteiger partial charge in [-0.3, -0.25) is 4.99 Å². The SMILES string of the molecule is C=NC1=CCCC=C1. The fraction of sp³-hybridized carbons (Fsp3) is 0.286. The molecule has 42 valence electrons. The van der Waals surface area contributed by atoms with E-state index in [9.17, 15) is 0 Å². The topological polar surface area (TPSA) is 12.4 Å². The number of rotatable bonds is 1. The largest absolute Gasteiger partial charge is 0.265 e. The molecule has 0 radical (unpaired) electrons. The van der Waals surface area contributed by atoms with Crippen LogP contribution in [0.5, 0.6) is 0 Å². The van der Waals surface area contributed by atoms with Crippen LogP contribution in [0, 0.1) is 0 Å². The minimum absolute atomic E-state index is 1.01. The minimum Gasteiger partial charge on any atom is -0.265 e. The Bertz CT molecular complexity index is 142. The van der Waals surface area contributed by atoms with Gasteiger partial charge < -0.3 is 0 Å². The van der Waals surface area contributed by atoms with E-state index < -0.39 is 0 Å². The van der Waals surface area contributed by atoms with E-state index in [0.717, 1.165) is 18.5 Å². The van der Waals surface area contributed by atoms with Gasteiger partial charge in [0.1, 0.15) is 0 Å². The molecular formula is C7H9N. The van der Waals surface area contributed by atoms with E-state index >= 15 is 0 Å². The van der Waals surface area contributed by atoms with Crippen molar-refractivity contribution in [1.29, 1.82) is 0 Å². The third kappa shape index (κ3) is 1.06. The second-order valence-corrected chi connectivity index (χ2v) is 1.77. The molecular weight excluding hydrogens is 98.1 g/mol. The molecule has 0 amide bonds. The Kier molecular flexibility index (Phi) is 1.62. The number of allylic oxidation sites excluding steroid dienone is 3. The second kappa shape index (κ2) is 2.46. The van der Waals surface area contributed by atoms with E-state index in [1.165, 1.54) is 0 Å². The quantitative estimate of drug-likeness (QED) is 0.454. The van der Waals surface area contributed by atoms with Crippen molar-refractivity contribution in [2.45, 2.75) is 12.8 Å². The Morgan fingerprint density at radius 2 is 2.38 bits per heavy atom. The highest BCUT2D eigenvalue weighted by molar-refractivity contribution is 5.34. The van der Waals surface area contributed by atoms with Crippen LogP contribution in [0.15, 0.2) is 28.9 Å². The summed E-state index contributed by atoms with van der Waals surface area (Å²) in [6.45, 7) is 3.41. The molecule has 0 heterocycles. The highest BCUT2D eigenvalue weighted by Gasteiger charge is 1.89.